The molecule has 0 saturated heterocycles. The minimum atomic E-state index is -0.189. The van der Waals surface area contributed by atoms with E-state index in [-0.39, 0.29) is 23.4 Å². The van der Waals surface area contributed by atoms with Gasteiger partial charge in [-0.3, -0.25) is 9.59 Å². The predicted molar refractivity (Wildman–Crippen MR) is 109 cm³/mol. The van der Waals surface area contributed by atoms with Crippen LogP contribution < -0.4 is 14.2 Å². The van der Waals surface area contributed by atoms with Crippen molar-refractivity contribution in [2.75, 3.05) is 7.11 Å². The molecule has 0 unspecified atom stereocenters. The van der Waals surface area contributed by atoms with Gasteiger partial charge in [-0.25, -0.2) is 0 Å². The number of hydrogen-bond donors (Lipinski definition) is 0. The predicted octanol–water partition coefficient (Wildman–Crippen LogP) is 5.11. The van der Waals surface area contributed by atoms with E-state index in [1.165, 1.54) is 6.42 Å². The monoisotopic (exact) mass is 392 g/mol. The Morgan fingerprint density at radius 1 is 1.07 bits per heavy atom. The van der Waals surface area contributed by atoms with Crippen LogP contribution in [0.5, 0.6) is 17.2 Å². The van der Waals surface area contributed by atoms with Crippen LogP contribution in [0.4, 0.5) is 0 Å². The molecule has 1 fully saturated rings. The van der Waals surface area contributed by atoms with Crippen LogP contribution in [-0.4, -0.2) is 18.9 Å². The molecule has 0 aromatic heterocycles. The van der Waals surface area contributed by atoms with Crippen molar-refractivity contribution in [3.8, 4) is 17.2 Å². The third-order valence-corrected chi connectivity index (χ3v) is 5.60. The Morgan fingerprint density at radius 2 is 1.79 bits per heavy atom. The number of methoxy groups -OCH3 is 1. The number of hydrogen-bond acceptors (Lipinski definition) is 5. The van der Waals surface area contributed by atoms with E-state index in [4.69, 9.17) is 14.2 Å². The van der Waals surface area contributed by atoms with Crippen molar-refractivity contribution in [1.29, 1.82) is 0 Å². The van der Waals surface area contributed by atoms with Crippen molar-refractivity contribution in [2.24, 2.45) is 5.92 Å². The van der Waals surface area contributed by atoms with Crippen molar-refractivity contribution in [3.63, 3.8) is 0 Å². The van der Waals surface area contributed by atoms with E-state index in [0.29, 0.717) is 22.6 Å². The molecule has 0 bridgehead atoms. The summed E-state index contributed by atoms with van der Waals surface area (Å²) in [4.78, 5) is 25.2. The first-order valence-corrected chi connectivity index (χ1v) is 10.0. The highest BCUT2D eigenvalue weighted by molar-refractivity contribution is 6.15. The molecular weight excluding hydrogens is 368 g/mol. The molecule has 0 amide bonds. The number of ketones is 1. The number of fused-ring (bicyclic) bond motifs is 1. The van der Waals surface area contributed by atoms with Crippen LogP contribution in [0.3, 0.4) is 0 Å². The summed E-state index contributed by atoms with van der Waals surface area (Å²) in [7, 11) is 1.61. The normalized spacial score (nSPS) is 17.7. The molecule has 150 valence electrons. The number of ether oxygens (including phenoxy) is 3. The summed E-state index contributed by atoms with van der Waals surface area (Å²) < 4.78 is 16.7. The molecule has 4 rings (SSSR count). The van der Waals surface area contributed by atoms with Crippen LogP contribution >= 0.6 is 0 Å². The average Bonchev–Trinajstić information content (AvgIpc) is 3.07. The van der Waals surface area contributed by atoms with Crippen molar-refractivity contribution in [1.82, 2.24) is 0 Å². The summed E-state index contributed by atoms with van der Waals surface area (Å²) in [6.07, 6.45) is 6.79. The Kier molecular flexibility index (Phi) is 5.38. The maximum Gasteiger partial charge on any atom is 0.314 e. The topological polar surface area (TPSA) is 61.8 Å². The summed E-state index contributed by atoms with van der Waals surface area (Å²) in [6.45, 7) is 1.81. The van der Waals surface area contributed by atoms with E-state index in [0.717, 1.165) is 37.0 Å². The number of carbonyl (C=O) groups is 2. The van der Waals surface area contributed by atoms with Gasteiger partial charge in [0.05, 0.1) is 18.6 Å². The molecule has 0 radical (unpaired) electrons. The van der Waals surface area contributed by atoms with E-state index in [1.54, 1.807) is 25.3 Å². The molecule has 2 aromatic rings. The number of rotatable bonds is 4. The van der Waals surface area contributed by atoms with Crippen LogP contribution in [0.2, 0.25) is 0 Å². The summed E-state index contributed by atoms with van der Waals surface area (Å²) in [5, 5.41) is 0. The minimum Gasteiger partial charge on any atom is -0.497 e. The van der Waals surface area contributed by atoms with E-state index >= 15 is 0 Å². The second-order valence-corrected chi connectivity index (χ2v) is 7.53. The second kappa shape index (κ2) is 8.11. The molecule has 2 aliphatic rings. The van der Waals surface area contributed by atoms with Crippen LogP contribution in [0, 0.1) is 12.8 Å². The molecule has 29 heavy (non-hydrogen) atoms. The van der Waals surface area contributed by atoms with Gasteiger partial charge in [-0.15, -0.1) is 0 Å². The van der Waals surface area contributed by atoms with Gasteiger partial charge in [0.25, 0.3) is 0 Å². The lowest BCUT2D eigenvalue weighted by atomic mass is 9.89. The lowest BCUT2D eigenvalue weighted by Gasteiger charge is -2.20. The van der Waals surface area contributed by atoms with Gasteiger partial charge in [-0.2, -0.15) is 0 Å². The smallest absolute Gasteiger partial charge is 0.314 e. The van der Waals surface area contributed by atoms with Gasteiger partial charge >= 0.3 is 5.97 Å². The van der Waals surface area contributed by atoms with E-state index in [9.17, 15) is 9.59 Å². The molecule has 1 aliphatic carbocycles. The molecule has 1 saturated carbocycles. The van der Waals surface area contributed by atoms with Crippen LogP contribution in [0.15, 0.2) is 42.2 Å². The fourth-order valence-electron chi connectivity index (χ4n) is 3.86. The maximum absolute atomic E-state index is 12.7. The van der Waals surface area contributed by atoms with Crippen molar-refractivity contribution in [3.05, 3.63) is 58.8 Å². The Bertz CT molecular complexity index is 966. The highest BCUT2D eigenvalue weighted by Crippen LogP contribution is 2.40. The number of allylic oxidation sites excluding steroid dienone is 1. The number of benzene rings is 2. The maximum atomic E-state index is 12.7. The quantitative estimate of drug-likeness (QED) is 0.411. The zero-order valence-electron chi connectivity index (χ0n) is 16.7. The van der Waals surface area contributed by atoms with Crippen molar-refractivity contribution < 1.29 is 23.8 Å². The van der Waals surface area contributed by atoms with Gasteiger partial charge in [-0.1, -0.05) is 31.4 Å². The molecule has 5 heteroatoms. The standard InChI is InChI=1S/C24H24O5/c1-15-20(29-24(26)17-6-4-3-5-7-17)13-12-19-22(25)21(28-23(15)19)14-16-8-10-18(27-2)11-9-16/h8-14,17H,3-7H2,1-2H3/b21-14-. The van der Waals surface area contributed by atoms with E-state index in [2.05, 4.69) is 0 Å². The van der Waals surface area contributed by atoms with Gasteiger partial charge in [0.15, 0.2) is 5.76 Å². The SMILES string of the molecule is COc1ccc(/C=C2\Oc3c(ccc(OC(=O)C4CCCCC4)c3C)C2=O)cc1. The van der Waals surface area contributed by atoms with Crippen LogP contribution in [-0.2, 0) is 4.79 Å². The Hall–Kier alpha value is -3.08. The fraction of sp³-hybridized carbons (Fsp3) is 0.333. The Balaban J connectivity index is 1.54. The lowest BCUT2D eigenvalue weighted by molar-refractivity contribution is -0.140. The highest BCUT2D eigenvalue weighted by atomic mass is 16.5. The highest BCUT2D eigenvalue weighted by Gasteiger charge is 2.31. The van der Waals surface area contributed by atoms with Gasteiger partial charge in [0.1, 0.15) is 17.2 Å². The first-order chi connectivity index (χ1) is 14.1. The molecule has 1 heterocycles. The lowest BCUT2D eigenvalue weighted by Crippen LogP contribution is -2.23. The Labute approximate surface area is 170 Å². The molecule has 0 spiro atoms. The number of esters is 1. The Morgan fingerprint density at radius 3 is 2.48 bits per heavy atom. The largest absolute Gasteiger partial charge is 0.497 e. The number of Topliss-reactive ketones (excluding diaryl/α,β-unsaturated/α-hetero) is 1. The molecule has 2 aromatic carbocycles. The minimum absolute atomic E-state index is 0.0375. The fourth-order valence-corrected chi connectivity index (χ4v) is 3.86. The zero-order valence-corrected chi connectivity index (χ0v) is 16.7. The summed E-state index contributed by atoms with van der Waals surface area (Å²) in [5.41, 5.74) is 1.99. The second-order valence-electron chi connectivity index (χ2n) is 7.53. The van der Waals surface area contributed by atoms with Crippen LogP contribution in [0.1, 0.15) is 53.6 Å². The summed E-state index contributed by atoms with van der Waals surface area (Å²) in [5.74, 6) is 1.51. The third-order valence-electron chi connectivity index (χ3n) is 5.60. The van der Waals surface area contributed by atoms with Gasteiger partial charge in [-0.05, 0) is 55.7 Å². The van der Waals surface area contributed by atoms with Gasteiger partial charge < -0.3 is 14.2 Å². The molecule has 1 aliphatic heterocycles. The number of carbonyl (C=O) groups excluding carboxylic acids is 2. The molecule has 0 N–H and O–H groups in total. The average molecular weight is 392 g/mol. The molecule has 5 nitrogen and oxygen atoms in total. The van der Waals surface area contributed by atoms with Crippen molar-refractivity contribution in [2.45, 2.75) is 39.0 Å². The summed E-state index contributed by atoms with van der Waals surface area (Å²) >= 11 is 0. The van der Waals surface area contributed by atoms with Crippen molar-refractivity contribution >= 4 is 17.8 Å². The van der Waals surface area contributed by atoms with E-state index in [1.807, 2.05) is 31.2 Å². The van der Waals surface area contributed by atoms with Gasteiger partial charge in [0.2, 0.25) is 5.78 Å². The van der Waals surface area contributed by atoms with Gasteiger partial charge in [0, 0.05) is 5.56 Å². The first kappa shape index (κ1) is 19.2. The molecule has 0 atom stereocenters. The van der Waals surface area contributed by atoms with E-state index < -0.39 is 0 Å². The zero-order chi connectivity index (χ0) is 20.4. The first-order valence-electron chi connectivity index (χ1n) is 10.0. The summed E-state index contributed by atoms with van der Waals surface area (Å²) in [6, 6.07) is 10.7. The van der Waals surface area contributed by atoms with Crippen LogP contribution in [0.25, 0.3) is 6.08 Å². The molecular formula is C24H24O5. The third kappa shape index (κ3) is 3.90.